The molecule has 0 N–H and O–H groups in total. The summed E-state index contributed by atoms with van der Waals surface area (Å²) in [6, 6.07) is 0. The van der Waals surface area contributed by atoms with Crippen molar-refractivity contribution < 1.29 is 9.47 Å². The summed E-state index contributed by atoms with van der Waals surface area (Å²) in [6.07, 6.45) is 0. The normalized spacial score (nSPS) is 11.1. The highest BCUT2D eigenvalue weighted by atomic mass is 79.9. The zero-order valence-electron chi connectivity index (χ0n) is 8.59. The molecule has 0 aromatic carbocycles. The van der Waals surface area contributed by atoms with Crippen LogP contribution in [0.15, 0.2) is 0 Å². The number of hydrogen-bond donors (Lipinski definition) is 0. The Labute approximate surface area is 89.5 Å². The molecule has 0 atom stereocenters. The molecule has 0 aliphatic heterocycles. The molecule has 0 aliphatic carbocycles. The van der Waals surface area contributed by atoms with Crippen molar-refractivity contribution in [3.8, 4) is 0 Å². The third-order valence-corrected chi connectivity index (χ3v) is 2.12. The third-order valence-electron chi connectivity index (χ3n) is 1.77. The van der Waals surface area contributed by atoms with Crippen LogP contribution in [0, 0.1) is 0 Å². The standard InChI is InChI=1S/C9H20BrNO2/c1-3-13-9-7-11(5-4-10)6-8-12-2/h3-9H2,1-2H3. The quantitative estimate of drug-likeness (QED) is 0.458. The monoisotopic (exact) mass is 253 g/mol. The SMILES string of the molecule is CCOCCN(CCBr)CCOC. The first kappa shape index (κ1) is 13.4. The Morgan fingerprint density at radius 2 is 1.85 bits per heavy atom. The first-order valence-corrected chi connectivity index (χ1v) is 5.82. The van der Waals surface area contributed by atoms with E-state index in [0.29, 0.717) is 0 Å². The van der Waals surface area contributed by atoms with Crippen molar-refractivity contribution in [3.05, 3.63) is 0 Å². The van der Waals surface area contributed by atoms with Gasteiger partial charge in [-0.05, 0) is 6.92 Å². The van der Waals surface area contributed by atoms with Gasteiger partial charge in [-0.2, -0.15) is 0 Å². The highest BCUT2D eigenvalue weighted by Crippen LogP contribution is 1.92. The van der Waals surface area contributed by atoms with Gasteiger partial charge in [-0.3, -0.25) is 4.90 Å². The van der Waals surface area contributed by atoms with Crippen molar-refractivity contribution in [1.29, 1.82) is 0 Å². The topological polar surface area (TPSA) is 21.7 Å². The van der Waals surface area contributed by atoms with E-state index in [1.807, 2.05) is 6.92 Å². The number of ether oxygens (including phenoxy) is 2. The molecule has 0 unspecified atom stereocenters. The molecule has 0 rings (SSSR count). The highest BCUT2D eigenvalue weighted by molar-refractivity contribution is 9.09. The van der Waals surface area contributed by atoms with E-state index in [2.05, 4.69) is 20.8 Å². The maximum atomic E-state index is 5.29. The molecule has 4 heteroatoms. The molecule has 0 amide bonds. The van der Waals surface area contributed by atoms with E-state index < -0.39 is 0 Å². The van der Waals surface area contributed by atoms with Gasteiger partial charge in [-0.15, -0.1) is 0 Å². The van der Waals surface area contributed by atoms with Crippen molar-refractivity contribution >= 4 is 15.9 Å². The second-order valence-electron chi connectivity index (χ2n) is 2.72. The lowest BCUT2D eigenvalue weighted by Gasteiger charge is -2.20. The average molecular weight is 254 g/mol. The van der Waals surface area contributed by atoms with Gasteiger partial charge in [0, 0.05) is 38.7 Å². The van der Waals surface area contributed by atoms with Gasteiger partial charge in [0.15, 0.2) is 0 Å². The Balaban J connectivity index is 3.41. The number of methoxy groups -OCH3 is 1. The molecule has 0 aromatic heterocycles. The summed E-state index contributed by atoms with van der Waals surface area (Å²) < 4.78 is 10.3. The Morgan fingerprint density at radius 3 is 2.38 bits per heavy atom. The summed E-state index contributed by atoms with van der Waals surface area (Å²) in [6.45, 7) is 7.44. The van der Waals surface area contributed by atoms with E-state index in [1.165, 1.54) is 0 Å². The van der Waals surface area contributed by atoms with Crippen LogP contribution in [0.1, 0.15) is 6.92 Å². The van der Waals surface area contributed by atoms with Crippen LogP contribution in [0.25, 0.3) is 0 Å². The molecule has 13 heavy (non-hydrogen) atoms. The molecule has 0 heterocycles. The molecule has 0 saturated carbocycles. The Bertz CT molecular complexity index is 104. The highest BCUT2D eigenvalue weighted by Gasteiger charge is 2.02. The molecule has 0 radical (unpaired) electrons. The number of halogens is 1. The van der Waals surface area contributed by atoms with E-state index >= 15 is 0 Å². The van der Waals surface area contributed by atoms with E-state index in [-0.39, 0.29) is 0 Å². The summed E-state index contributed by atoms with van der Waals surface area (Å²) in [5.41, 5.74) is 0. The first-order valence-electron chi connectivity index (χ1n) is 4.70. The predicted molar refractivity (Wildman–Crippen MR) is 58.6 cm³/mol. The number of hydrogen-bond acceptors (Lipinski definition) is 3. The largest absolute Gasteiger partial charge is 0.383 e. The van der Waals surface area contributed by atoms with Crippen molar-refractivity contribution in [2.75, 3.05) is 51.9 Å². The number of alkyl halides is 1. The van der Waals surface area contributed by atoms with Crippen molar-refractivity contribution in [2.24, 2.45) is 0 Å². The van der Waals surface area contributed by atoms with Crippen molar-refractivity contribution in [2.45, 2.75) is 6.92 Å². The van der Waals surface area contributed by atoms with Crippen LogP contribution < -0.4 is 0 Å². The fourth-order valence-corrected chi connectivity index (χ4v) is 1.51. The second kappa shape index (κ2) is 10.4. The van der Waals surface area contributed by atoms with Crippen LogP contribution in [-0.4, -0.2) is 56.8 Å². The Hall–Kier alpha value is 0.360. The summed E-state index contributed by atoms with van der Waals surface area (Å²) in [5.74, 6) is 0. The van der Waals surface area contributed by atoms with Crippen molar-refractivity contribution in [3.63, 3.8) is 0 Å². The molecule has 0 fully saturated rings. The Morgan fingerprint density at radius 1 is 1.15 bits per heavy atom. The van der Waals surface area contributed by atoms with Crippen LogP contribution in [0.4, 0.5) is 0 Å². The second-order valence-corrected chi connectivity index (χ2v) is 3.51. The molecule has 3 nitrogen and oxygen atoms in total. The molecular formula is C9H20BrNO2. The van der Waals surface area contributed by atoms with Crippen LogP contribution in [0.3, 0.4) is 0 Å². The molecular weight excluding hydrogens is 234 g/mol. The van der Waals surface area contributed by atoms with E-state index in [0.717, 1.165) is 44.8 Å². The van der Waals surface area contributed by atoms with Gasteiger partial charge in [0.1, 0.15) is 0 Å². The van der Waals surface area contributed by atoms with E-state index in [1.54, 1.807) is 7.11 Å². The van der Waals surface area contributed by atoms with Gasteiger partial charge < -0.3 is 9.47 Å². The van der Waals surface area contributed by atoms with Crippen LogP contribution >= 0.6 is 15.9 Å². The van der Waals surface area contributed by atoms with E-state index in [4.69, 9.17) is 9.47 Å². The zero-order valence-corrected chi connectivity index (χ0v) is 10.2. The lowest BCUT2D eigenvalue weighted by Crippen LogP contribution is -2.32. The molecule has 0 aliphatic rings. The van der Waals surface area contributed by atoms with Gasteiger partial charge in [-0.1, -0.05) is 15.9 Å². The third kappa shape index (κ3) is 8.68. The number of nitrogens with zero attached hydrogens (tertiary/aromatic N) is 1. The minimum atomic E-state index is 0.791. The minimum absolute atomic E-state index is 0.791. The van der Waals surface area contributed by atoms with Crippen LogP contribution in [-0.2, 0) is 9.47 Å². The average Bonchev–Trinajstić information content (AvgIpc) is 2.14. The lowest BCUT2D eigenvalue weighted by atomic mass is 10.5. The Kier molecular flexibility index (Phi) is 10.7. The fourth-order valence-electron chi connectivity index (χ4n) is 1.01. The molecule has 0 saturated heterocycles. The summed E-state index contributed by atoms with van der Waals surface area (Å²) in [7, 11) is 1.73. The molecule has 0 bridgehead atoms. The lowest BCUT2D eigenvalue weighted by molar-refractivity contribution is 0.0978. The van der Waals surface area contributed by atoms with Crippen molar-refractivity contribution in [1.82, 2.24) is 4.90 Å². The van der Waals surface area contributed by atoms with Gasteiger partial charge in [0.25, 0.3) is 0 Å². The van der Waals surface area contributed by atoms with E-state index in [9.17, 15) is 0 Å². The van der Waals surface area contributed by atoms with Crippen LogP contribution in [0.5, 0.6) is 0 Å². The summed E-state index contributed by atoms with van der Waals surface area (Å²) in [4.78, 5) is 2.33. The smallest absolute Gasteiger partial charge is 0.0593 e. The minimum Gasteiger partial charge on any atom is -0.383 e. The van der Waals surface area contributed by atoms with Gasteiger partial charge in [0.2, 0.25) is 0 Å². The first-order chi connectivity index (χ1) is 6.35. The zero-order chi connectivity index (χ0) is 9.94. The maximum absolute atomic E-state index is 5.29. The molecule has 80 valence electrons. The number of rotatable bonds is 9. The van der Waals surface area contributed by atoms with Gasteiger partial charge >= 0.3 is 0 Å². The predicted octanol–water partition coefficient (Wildman–Crippen LogP) is 1.37. The molecule has 0 spiro atoms. The maximum Gasteiger partial charge on any atom is 0.0593 e. The van der Waals surface area contributed by atoms with Gasteiger partial charge in [0.05, 0.1) is 13.2 Å². The van der Waals surface area contributed by atoms with Gasteiger partial charge in [-0.25, -0.2) is 0 Å². The fraction of sp³-hybridized carbons (Fsp3) is 1.00. The van der Waals surface area contributed by atoms with Crippen LogP contribution in [0.2, 0.25) is 0 Å². The summed E-state index contributed by atoms with van der Waals surface area (Å²) in [5, 5.41) is 1.00. The summed E-state index contributed by atoms with van der Waals surface area (Å²) >= 11 is 3.43. The molecule has 0 aromatic rings.